The van der Waals surface area contributed by atoms with Gasteiger partial charge < -0.3 is 15.6 Å². The van der Waals surface area contributed by atoms with Crippen molar-refractivity contribution in [3.63, 3.8) is 0 Å². The van der Waals surface area contributed by atoms with Crippen LogP contribution in [0.5, 0.6) is 5.75 Å². The molecule has 0 spiro atoms. The monoisotopic (exact) mass is 219 g/mol. The Hall–Kier alpha value is -0.840. The second kappa shape index (κ2) is 4.59. The zero-order chi connectivity index (χ0) is 10.7. The number of aliphatic hydroxyl groups excluding tert-OH is 1. The van der Waals surface area contributed by atoms with E-state index in [2.05, 4.69) is 0 Å². The first-order chi connectivity index (χ1) is 6.60. The van der Waals surface area contributed by atoms with Crippen molar-refractivity contribution < 1.29 is 14.2 Å². The standard InChI is InChI=1S/C9H11ClFNO2/c1-14-8-3-5(7(13)4-12)2-6(11)9(8)10/h2-3,7,13H,4,12H2,1H3. The predicted molar refractivity (Wildman–Crippen MR) is 52.0 cm³/mol. The third-order valence-corrected chi connectivity index (χ3v) is 2.21. The van der Waals surface area contributed by atoms with Gasteiger partial charge in [0, 0.05) is 6.54 Å². The molecule has 0 aliphatic heterocycles. The molecule has 0 saturated carbocycles. The zero-order valence-corrected chi connectivity index (χ0v) is 8.38. The summed E-state index contributed by atoms with van der Waals surface area (Å²) in [6, 6.07) is 2.60. The van der Waals surface area contributed by atoms with Gasteiger partial charge in [-0.15, -0.1) is 0 Å². The lowest BCUT2D eigenvalue weighted by atomic mass is 10.1. The highest BCUT2D eigenvalue weighted by atomic mass is 35.5. The predicted octanol–water partition coefficient (Wildman–Crippen LogP) is 1.48. The van der Waals surface area contributed by atoms with E-state index in [1.54, 1.807) is 0 Å². The summed E-state index contributed by atoms with van der Waals surface area (Å²) in [7, 11) is 1.37. The quantitative estimate of drug-likeness (QED) is 0.810. The van der Waals surface area contributed by atoms with Crippen molar-refractivity contribution in [2.75, 3.05) is 13.7 Å². The first-order valence-electron chi connectivity index (χ1n) is 4.01. The van der Waals surface area contributed by atoms with Gasteiger partial charge in [-0.1, -0.05) is 11.6 Å². The summed E-state index contributed by atoms with van der Waals surface area (Å²) in [6.07, 6.45) is -0.907. The molecule has 0 aromatic heterocycles. The number of ether oxygens (including phenoxy) is 1. The highest BCUT2D eigenvalue weighted by molar-refractivity contribution is 6.32. The van der Waals surface area contributed by atoms with Gasteiger partial charge in [-0.05, 0) is 17.7 Å². The van der Waals surface area contributed by atoms with Gasteiger partial charge in [-0.25, -0.2) is 4.39 Å². The minimum Gasteiger partial charge on any atom is -0.495 e. The van der Waals surface area contributed by atoms with E-state index >= 15 is 0 Å². The molecule has 0 aliphatic rings. The molecule has 1 rings (SSSR count). The molecule has 0 amide bonds. The number of benzene rings is 1. The Bertz CT molecular complexity index is 333. The van der Waals surface area contributed by atoms with Crippen LogP contribution in [0.4, 0.5) is 4.39 Å². The number of rotatable bonds is 3. The summed E-state index contributed by atoms with van der Waals surface area (Å²) >= 11 is 5.60. The van der Waals surface area contributed by atoms with Gasteiger partial charge in [-0.3, -0.25) is 0 Å². The van der Waals surface area contributed by atoms with Crippen molar-refractivity contribution in [3.8, 4) is 5.75 Å². The Balaban J connectivity index is 3.16. The molecule has 0 bridgehead atoms. The van der Waals surface area contributed by atoms with E-state index in [9.17, 15) is 9.50 Å². The average Bonchev–Trinajstić information content (AvgIpc) is 2.20. The molecule has 0 heterocycles. The van der Waals surface area contributed by atoms with Crippen LogP contribution in [0.25, 0.3) is 0 Å². The van der Waals surface area contributed by atoms with Gasteiger partial charge in [0.15, 0.2) is 0 Å². The third-order valence-electron chi connectivity index (χ3n) is 1.85. The summed E-state index contributed by atoms with van der Waals surface area (Å²) in [4.78, 5) is 0. The lowest BCUT2D eigenvalue weighted by molar-refractivity contribution is 0.186. The molecule has 78 valence electrons. The van der Waals surface area contributed by atoms with E-state index in [0.29, 0.717) is 5.56 Å². The molecule has 1 aromatic carbocycles. The maximum Gasteiger partial charge on any atom is 0.145 e. The summed E-state index contributed by atoms with van der Waals surface area (Å²) in [5, 5.41) is 9.28. The SMILES string of the molecule is COc1cc(C(O)CN)cc(F)c1Cl. The molecule has 1 aromatic rings. The van der Waals surface area contributed by atoms with Crippen LogP contribution < -0.4 is 10.5 Å². The van der Waals surface area contributed by atoms with Crippen molar-refractivity contribution in [1.29, 1.82) is 0 Å². The molecule has 0 aliphatic carbocycles. The first-order valence-corrected chi connectivity index (χ1v) is 4.39. The van der Waals surface area contributed by atoms with E-state index < -0.39 is 11.9 Å². The molecule has 0 fully saturated rings. The molecule has 1 unspecified atom stereocenters. The van der Waals surface area contributed by atoms with Crippen molar-refractivity contribution in [3.05, 3.63) is 28.5 Å². The molecule has 1 atom stereocenters. The van der Waals surface area contributed by atoms with Crippen LogP contribution >= 0.6 is 11.6 Å². The van der Waals surface area contributed by atoms with Gasteiger partial charge in [-0.2, -0.15) is 0 Å². The minimum absolute atomic E-state index is 0.0181. The molecule has 0 saturated heterocycles. The Morgan fingerprint density at radius 1 is 1.64 bits per heavy atom. The normalized spacial score (nSPS) is 12.6. The van der Waals surface area contributed by atoms with E-state index in [4.69, 9.17) is 22.1 Å². The average molecular weight is 220 g/mol. The molecule has 0 radical (unpaired) electrons. The van der Waals surface area contributed by atoms with E-state index in [1.807, 2.05) is 0 Å². The van der Waals surface area contributed by atoms with Crippen LogP contribution in [-0.2, 0) is 0 Å². The van der Waals surface area contributed by atoms with Crippen LogP contribution in [-0.4, -0.2) is 18.8 Å². The molecular formula is C9H11ClFNO2. The van der Waals surface area contributed by atoms with Crippen molar-refractivity contribution >= 4 is 11.6 Å². The number of methoxy groups -OCH3 is 1. The third kappa shape index (κ3) is 2.15. The van der Waals surface area contributed by atoms with Crippen LogP contribution in [0.2, 0.25) is 5.02 Å². The Morgan fingerprint density at radius 2 is 2.29 bits per heavy atom. The largest absolute Gasteiger partial charge is 0.495 e. The molecule has 3 N–H and O–H groups in total. The van der Waals surface area contributed by atoms with Crippen LogP contribution in [0.1, 0.15) is 11.7 Å². The van der Waals surface area contributed by atoms with Crippen molar-refractivity contribution in [1.82, 2.24) is 0 Å². The second-order valence-corrected chi connectivity index (χ2v) is 3.15. The van der Waals surface area contributed by atoms with Gasteiger partial charge >= 0.3 is 0 Å². The van der Waals surface area contributed by atoms with E-state index in [0.717, 1.165) is 6.07 Å². The lowest BCUT2D eigenvalue weighted by Gasteiger charge is -2.11. The fraction of sp³-hybridized carbons (Fsp3) is 0.333. The number of aliphatic hydroxyl groups is 1. The molecule has 3 nitrogen and oxygen atoms in total. The van der Waals surface area contributed by atoms with Crippen molar-refractivity contribution in [2.45, 2.75) is 6.10 Å². The first kappa shape index (κ1) is 11.2. The summed E-state index contributed by atoms with van der Waals surface area (Å²) < 4.78 is 18.0. The number of halogens is 2. The fourth-order valence-corrected chi connectivity index (χ4v) is 1.25. The van der Waals surface area contributed by atoms with Crippen LogP contribution in [0.3, 0.4) is 0 Å². The highest BCUT2D eigenvalue weighted by Gasteiger charge is 2.13. The van der Waals surface area contributed by atoms with E-state index in [1.165, 1.54) is 13.2 Å². The number of hydrogen-bond donors (Lipinski definition) is 2. The lowest BCUT2D eigenvalue weighted by Crippen LogP contribution is -2.11. The van der Waals surface area contributed by atoms with Gasteiger partial charge in [0.1, 0.15) is 16.6 Å². The molecular weight excluding hydrogens is 209 g/mol. The molecule has 5 heteroatoms. The minimum atomic E-state index is -0.907. The van der Waals surface area contributed by atoms with Crippen LogP contribution in [0.15, 0.2) is 12.1 Å². The van der Waals surface area contributed by atoms with Gasteiger partial charge in [0.2, 0.25) is 0 Å². The number of nitrogens with two attached hydrogens (primary N) is 1. The van der Waals surface area contributed by atoms with Gasteiger partial charge in [0.25, 0.3) is 0 Å². The number of hydrogen-bond acceptors (Lipinski definition) is 3. The second-order valence-electron chi connectivity index (χ2n) is 2.77. The summed E-state index contributed by atoms with van der Waals surface area (Å²) in [5.41, 5.74) is 5.59. The fourth-order valence-electron chi connectivity index (χ4n) is 1.06. The maximum atomic E-state index is 13.2. The molecule has 14 heavy (non-hydrogen) atoms. The Morgan fingerprint density at radius 3 is 2.79 bits per heavy atom. The Kier molecular flexibility index (Phi) is 3.69. The van der Waals surface area contributed by atoms with Crippen LogP contribution in [0, 0.1) is 5.82 Å². The zero-order valence-electron chi connectivity index (χ0n) is 7.63. The van der Waals surface area contributed by atoms with E-state index in [-0.39, 0.29) is 17.3 Å². The smallest absolute Gasteiger partial charge is 0.145 e. The summed E-state index contributed by atoms with van der Waals surface area (Å²) in [5.74, 6) is -0.442. The van der Waals surface area contributed by atoms with Gasteiger partial charge in [0.05, 0.1) is 13.2 Å². The maximum absolute atomic E-state index is 13.2. The Labute approximate surface area is 86.2 Å². The summed E-state index contributed by atoms with van der Waals surface area (Å²) in [6.45, 7) is 0.0181. The topological polar surface area (TPSA) is 55.5 Å². The van der Waals surface area contributed by atoms with Crippen molar-refractivity contribution in [2.24, 2.45) is 5.73 Å². The highest BCUT2D eigenvalue weighted by Crippen LogP contribution is 2.30.